The van der Waals surface area contributed by atoms with E-state index in [4.69, 9.17) is 0 Å². The minimum atomic E-state index is -0.242. The van der Waals surface area contributed by atoms with Gasteiger partial charge in [-0.1, -0.05) is 6.08 Å². The van der Waals surface area contributed by atoms with Crippen LogP contribution in [-0.4, -0.2) is 59.4 Å². The Hall–Kier alpha value is -2.44. The monoisotopic (exact) mass is 303 g/mol. The third-order valence-corrected chi connectivity index (χ3v) is 3.51. The average Bonchev–Trinajstić information content (AvgIpc) is 2.52. The number of hydrogen-bond acceptors (Lipinski definition) is 5. The molecule has 1 aliphatic rings. The van der Waals surface area contributed by atoms with Crippen molar-refractivity contribution in [3.63, 3.8) is 0 Å². The summed E-state index contributed by atoms with van der Waals surface area (Å²) in [6.07, 6.45) is 1.62. The maximum Gasteiger partial charge on any atom is 0.270 e. The van der Waals surface area contributed by atoms with Crippen LogP contribution in [0.2, 0.25) is 0 Å². The normalized spacial score (nSPS) is 14.6. The molecule has 0 unspecified atom stereocenters. The van der Waals surface area contributed by atoms with Crippen molar-refractivity contribution >= 4 is 17.6 Å². The lowest BCUT2D eigenvalue weighted by atomic mass is 10.2. The van der Waals surface area contributed by atoms with Gasteiger partial charge in [0.25, 0.3) is 5.91 Å². The number of nitrogens with one attached hydrogen (secondary N) is 1. The Balaban J connectivity index is 2.11. The molecule has 0 atom stereocenters. The van der Waals surface area contributed by atoms with Gasteiger partial charge >= 0.3 is 0 Å². The molecule has 0 aliphatic carbocycles. The summed E-state index contributed by atoms with van der Waals surface area (Å²) in [6, 6.07) is 1.69. The summed E-state index contributed by atoms with van der Waals surface area (Å²) >= 11 is 0. The fraction of sp³-hybridized carbons (Fsp3) is 0.467. The van der Waals surface area contributed by atoms with Crippen molar-refractivity contribution in [3.05, 3.63) is 30.2 Å². The maximum absolute atomic E-state index is 12.0. The fourth-order valence-electron chi connectivity index (χ4n) is 2.34. The summed E-state index contributed by atoms with van der Waals surface area (Å²) in [6.45, 7) is 10.0. The van der Waals surface area contributed by atoms with Gasteiger partial charge in [0.1, 0.15) is 17.3 Å². The molecule has 7 heteroatoms. The van der Waals surface area contributed by atoms with Gasteiger partial charge in [0, 0.05) is 45.7 Å². The molecular formula is C15H21N5O2. The molecule has 2 rings (SSSR count). The second-order valence-electron chi connectivity index (χ2n) is 5.15. The van der Waals surface area contributed by atoms with Crippen molar-refractivity contribution in [2.24, 2.45) is 0 Å². The number of rotatable bonds is 4. The third kappa shape index (κ3) is 3.81. The smallest absolute Gasteiger partial charge is 0.270 e. The van der Waals surface area contributed by atoms with E-state index in [0.29, 0.717) is 44.2 Å². The van der Waals surface area contributed by atoms with E-state index < -0.39 is 0 Å². The van der Waals surface area contributed by atoms with Gasteiger partial charge in [-0.25, -0.2) is 9.97 Å². The molecule has 1 aliphatic heterocycles. The Morgan fingerprint density at radius 1 is 1.32 bits per heavy atom. The number of nitrogens with zero attached hydrogens (tertiary/aromatic N) is 4. The van der Waals surface area contributed by atoms with Gasteiger partial charge in [0.15, 0.2) is 0 Å². The van der Waals surface area contributed by atoms with E-state index in [1.54, 1.807) is 26.0 Å². The predicted octanol–water partition coefficient (Wildman–Crippen LogP) is 0.369. The van der Waals surface area contributed by atoms with E-state index in [9.17, 15) is 9.59 Å². The van der Waals surface area contributed by atoms with Gasteiger partial charge in [0.2, 0.25) is 5.91 Å². The van der Waals surface area contributed by atoms with E-state index in [2.05, 4.69) is 26.8 Å². The standard InChI is InChI=1S/C15H21N5O2/c1-4-5-16-15(22)13-10-14(18-11(2)17-13)20-8-6-19(7-9-20)12(3)21/h4,10H,1,5-9H2,2-3H3,(H,16,22). The SMILES string of the molecule is C=CCNC(=O)c1cc(N2CCN(C(C)=O)CC2)nc(C)n1. The number of amides is 2. The van der Waals surface area contributed by atoms with Crippen molar-refractivity contribution in [2.75, 3.05) is 37.6 Å². The number of hydrogen-bond donors (Lipinski definition) is 1. The van der Waals surface area contributed by atoms with Gasteiger partial charge in [-0.3, -0.25) is 9.59 Å². The lowest BCUT2D eigenvalue weighted by Crippen LogP contribution is -2.48. The van der Waals surface area contributed by atoms with Gasteiger partial charge in [-0.2, -0.15) is 0 Å². The Kier molecular flexibility index (Phi) is 5.08. The predicted molar refractivity (Wildman–Crippen MR) is 83.8 cm³/mol. The minimum Gasteiger partial charge on any atom is -0.353 e. The van der Waals surface area contributed by atoms with Crippen molar-refractivity contribution in [2.45, 2.75) is 13.8 Å². The zero-order chi connectivity index (χ0) is 16.1. The van der Waals surface area contributed by atoms with Crippen LogP contribution in [0, 0.1) is 6.92 Å². The van der Waals surface area contributed by atoms with Crippen molar-refractivity contribution < 1.29 is 9.59 Å². The van der Waals surface area contributed by atoms with Crippen LogP contribution in [0.4, 0.5) is 5.82 Å². The highest BCUT2D eigenvalue weighted by Crippen LogP contribution is 2.15. The van der Waals surface area contributed by atoms with Crippen LogP contribution in [0.1, 0.15) is 23.2 Å². The molecule has 1 saturated heterocycles. The van der Waals surface area contributed by atoms with Crippen LogP contribution in [0.5, 0.6) is 0 Å². The average molecular weight is 303 g/mol. The molecule has 22 heavy (non-hydrogen) atoms. The zero-order valence-corrected chi connectivity index (χ0v) is 13.0. The first kappa shape index (κ1) is 15.9. The van der Waals surface area contributed by atoms with Gasteiger partial charge in [0.05, 0.1) is 0 Å². The number of anilines is 1. The molecule has 0 aromatic carbocycles. The zero-order valence-electron chi connectivity index (χ0n) is 13.0. The highest BCUT2D eigenvalue weighted by atomic mass is 16.2. The Morgan fingerprint density at radius 2 is 2.00 bits per heavy atom. The second kappa shape index (κ2) is 7.02. The third-order valence-electron chi connectivity index (χ3n) is 3.51. The molecule has 7 nitrogen and oxygen atoms in total. The molecule has 2 heterocycles. The first-order valence-electron chi connectivity index (χ1n) is 7.26. The summed E-state index contributed by atoms with van der Waals surface area (Å²) in [5.74, 6) is 1.12. The van der Waals surface area contributed by atoms with E-state index in [-0.39, 0.29) is 11.8 Å². The lowest BCUT2D eigenvalue weighted by molar-refractivity contribution is -0.129. The van der Waals surface area contributed by atoms with E-state index >= 15 is 0 Å². The first-order valence-corrected chi connectivity index (χ1v) is 7.26. The molecule has 0 radical (unpaired) electrons. The Morgan fingerprint density at radius 3 is 2.59 bits per heavy atom. The Labute approximate surface area is 130 Å². The summed E-state index contributed by atoms with van der Waals surface area (Å²) in [7, 11) is 0. The van der Waals surface area contributed by atoms with E-state index in [1.165, 1.54) is 0 Å². The minimum absolute atomic E-state index is 0.0861. The van der Waals surface area contributed by atoms with E-state index in [0.717, 1.165) is 5.82 Å². The molecule has 1 aromatic rings. The quantitative estimate of drug-likeness (QED) is 0.813. The molecule has 2 amide bonds. The fourth-order valence-corrected chi connectivity index (χ4v) is 2.34. The summed E-state index contributed by atoms with van der Waals surface area (Å²) < 4.78 is 0. The van der Waals surface area contributed by atoms with Gasteiger partial charge < -0.3 is 15.1 Å². The van der Waals surface area contributed by atoms with Crippen LogP contribution in [0.3, 0.4) is 0 Å². The summed E-state index contributed by atoms with van der Waals surface area (Å²) in [5.41, 5.74) is 0.346. The molecule has 0 saturated carbocycles. The van der Waals surface area contributed by atoms with Gasteiger partial charge in [-0.15, -0.1) is 6.58 Å². The molecule has 1 aromatic heterocycles. The van der Waals surface area contributed by atoms with Gasteiger partial charge in [-0.05, 0) is 6.92 Å². The molecular weight excluding hydrogens is 282 g/mol. The van der Waals surface area contributed by atoms with Crippen molar-refractivity contribution in [1.29, 1.82) is 0 Å². The van der Waals surface area contributed by atoms with Crippen molar-refractivity contribution in [1.82, 2.24) is 20.2 Å². The largest absolute Gasteiger partial charge is 0.353 e. The number of aromatic nitrogens is 2. The second-order valence-corrected chi connectivity index (χ2v) is 5.15. The molecule has 1 fully saturated rings. The van der Waals surface area contributed by atoms with E-state index in [1.807, 2.05) is 4.90 Å². The summed E-state index contributed by atoms with van der Waals surface area (Å²) in [4.78, 5) is 35.8. The lowest BCUT2D eigenvalue weighted by Gasteiger charge is -2.35. The van der Waals surface area contributed by atoms with Crippen LogP contribution in [0.15, 0.2) is 18.7 Å². The maximum atomic E-state index is 12.0. The Bertz CT molecular complexity index is 579. The highest BCUT2D eigenvalue weighted by Gasteiger charge is 2.21. The van der Waals surface area contributed by atoms with Crippen LogP contribution < -0.4 is 10.2 Å². The number of carbonyl (C=O) groups excluding carboxylic acids is 2. The topological polar surface area (TPSA) is 78.4 Å². The van der Waals surface area contributed by atoms with Crippen LogP contribution in [-0.2, 0) is 4.79 Å². The molecule has 0 spiro atoms. The van der Waals surface area contributed by atoms with Crippen LogP contribution >= 0.6 is 0 Å². The van der Waals surface area contributed by atoms with Crippen molar-refractivity contribution in [3.8, 4) is 0 Å². The first-order chi connectivity index (χ1) is 10.5. The number of carbonyl (C=O) groups is 2. The molecule has 1 N–H and O–H groups in total. The summed E-state index contributed by atoms with van der Waals surface area (Å²) in [5, 5.41) is 2.71. The highest BCUT2D eigenvalue weighted by molar-refractivity contribution is 5.93. The molecule has 118 valence electrons. The number of piperazine rings is 1. The molecule has 0 bridgehead atoms. The number of aryl methyl sites for hydroxylation is 1. The van der Waals surface area contributed by atoms with Crippen LogP contribution in [0.25, 0.3) is 0 Å².